The van der Waals surface area contributed by atoms with Crippen LogP contribution in [-0.2, 0) is 9.47 Å². The second-order valence-electron chi connectivity index (χ2n) is 5.31. The third-order valence-electron chi connectivity index (χ3n) is 3.42. The van der Waals surface area contributed by atoms with Crippen LogP contribution in [0.4, 0.5) is 19.9 Å². The van der Waals surface area contributed by atoms with Gasteiger partial charge in [0.15, 0.2) is 5.82 Å². The Bertz CT molecular complexity index is 865. The van der Waals surface area contributed by atoms with Crippen molar-refractivity contribution in [1.29, 1.82) is 0 Å². The summed E-state index contributed by atoms with van der Waals surface area (Å²) < 4.78 is 24.2. The topological polar surface area (TPSA) is 93.7 Å². The van der Waals surface area contributed by atoms with E-state index in [1.165, 1.54) is 18.2 Å². The molecule has 27 heavy (non-hydrogen) atoms. The van der Waals surface area contributed by atoms with E-state index in [0.717, 1.165) is 11.3 Å². The predicted molar refractivity (Wildman–Crippen MR) is 100 cm³/mol. The predicted octanol–water partition coefficient (Wildman–Crippen LogP) is 4.19. The van der Waals surface area contributed by atoms with Crippen LogP contribution in [0.1, 0.15) is 40.1 Å². The number of ether oxygens (including phenoxy) is 2. The van der Waals surface area contributed by atoms with Crippen molar-refractivity contribution in [2.24, 2.45) is 0 Å². The van der Waals surface area contributed by atoms with Gasteiger partial charge < -0.3 is 14.8 Å². The van der Waals surface area contributed by atoms with Crippen molar-refractivity contribution in [2.45, 2.75) is 20.8 Å². The van der Waals surface area contributed by atoms with Gasteiger partial charge in [0, 0.05) is 0 Å². The number of halogens is 1. The molecule has 0 fully saturated rings. The molecule has 0 spiro atoms. The van der Waals surface area contributed by atoms with Crippen molar-refractivity contribution >= 4 is 40.0 Å². The number of carbonyl (C=O) groups is 3. The summed E-state index contributed by atoms with van der Waals surface area (Å²) in [5.41, 5.74) is 0.430. The molecule has 1 aromatic heterocycles. The monoisotopic (exact) mass is 394 g/mol. The Balaban J connectivity index is 2.17. The van der Waals surface area contributed by atoms with E-state index in [9.17, 15) is 18.8 Å². The van der Waals surface area contributed by atoms with Gasteiger partial charge in [0.2, 0.25) is 0 Å². The molecule has 1 aromatic carbocycles. The number of aryl methyl sites for hydroxylation is 1. The summed E-state index contributed by atoms with van der Waals surface area (Å²) in [6.07, 6.45) is 0. The lowest BCUT2D eigenvalue weighted by Crippen LogP contribution is -2.22. The van der Waals surface area contributed by atoms with Crippen LogP contribution in [-0.4, -0.2) is 31.2 Å². The number of hydrogen-bond acceptors (Lipinski definition) is 6. The van der Waals surface area contributed by atoms with E-state index in [2.05, 4.69) is 10.6 Å². The summed E-state index contributed by atoms with van der Waals surface area (Å²) in [6.45, 7) is 5.30. The van der Waals surface area contributed by atoms with Gasteiger partial charge in [-0.15, -0.1) is 11.3 Å². The number of rotatable bonds is 6. The first kappa shape index (κ1) is 20.4. The quantitative estimate of drug-likeness (QED) is 0.717. The van der Waals surface area contributed by atoms with E-state index in [0.29, 0.717) is 5.56 Å². The molecule has 7 nitrogen and oxygen atoms in total. The van der Waals surface area contributed by atoms with Gasteiger partial charge in [-0.25, -0.2) is 18.8 Å². The zero-order valence-corrected chi connectivity index (χ0v) is 15.9. The summed E-state index contributed by atoms with van der Waals surface area (Å²) in [5, 5.41) is 6.81. The van der Waals surface area contributed by atoms with Crippen LogP contribution in [0, 0.1) is 12.7 Å². The number of esters is 2. The lowest BCUT2D eigenvalue weighted by molar-refractivity contribution is 0.0514. The van der Waals surface area contributed by atoms with Gasteiger partial charge in [-0.3, -0.25) is 5.32 Å². The van der Waals surface area contributed by atoms with Gasteiger partial charge in [-0.05, 0) is 43.8 Å². The maximum atomic E-state index is 14.4. The fourth-order valence-electron chi connectivity index (χ4n) is 2.24. The largest absolute Gasteiger partial charge is 0.462 e. The number of thiophene rings is 1. The van der Waals surface area contributed by atoms with E-state index in [1.54, 1.807) is 26.2 Å². The van der Waals surface area contributed by atoms with Gasteiger partial charge in [0.1, 0.15) is 5.00 Å². The second kappa shape index (κ2) is 9.13. The molecule has 144 valence electrons. The molecule has 2 aromatic rings. The Labute approximate surface area is 159 Å². The molecule has 2 N–H and O–H groups in total. The number of carbonyl (C=O) groups excluding carboxylic acids is 3. The molecule has 0 saturated heterocycles. The molecule has 0 atom stereocenters. The number of hydrogen-bond donors (Lipinski definition) is 2. The summed E-state index contributed by atoms with van der Waals surface area (Å²) in [5.74, 6) is -2.28. The molecule has 0 aliphatic rings. The van der Waals surface area contributed by atoms with Crippen molar-refractivity contribution in [1.82, 2.24) is 0 Å². The average molecular weight is 394 g/mol. The van der Waals surface area contributed by atoms with Crippen LogP contribution in [0.15, 0.2) is 23.6 Å². The first-order chi connectivity index (χ1) is 12.9. The fraction of sp³-hybridized carbons (Fsp3) is 0.278. The van der Waals surface area contributed by atoms with Gasteiger partial charge in [0.05, 0.1) is 30.0 Å². The molecular formula is C18H19FN2O5S. The van der Waals surface area contributed by atoms with Crippen LogP contribution < -0.4 is 10.6 Å². The second-order valence-corrected chi connectivity index (χ2v) is 6.19. The van der Waals surface area contributed by atoms with Gasteiger partial charge >= 0.3 is 18.0 Å². The van der Waals surface area contributed by atoms with E-state index < -0.39 is 23.8 Å². The van der Waals surface area contributed by atoms with Crippen LogP contribution in [0.25, 0.3) is 0 Å². The highest BCUT2D eigenvalue weighted by Gasteiger charge is 2.21. The molecule has 9 heteroatoms. The third-order valence-corrected chi connectivity index (χ3v) is 4.44. The van der Waals surface area contributed by atoms with Crippen molar-refractivity contribution in [3.8, 4) is 0 Å². The Morgan fingerprint density at radius 1 is 1.07 bits per heavy atom. The van der Waals surface area contributed by atoms with Crippen LogP contribution in [0.2, 0.25) is 0 Å². The van der Waals surface area contributed by atoms with E-state index in [1.807, 2.05) is 0 Å². The number of urea groups is 1. The average Bonchev–Trinajstić information content (AvgIpc) is 2.97. The lowest BCUT2D eigenvalue weighted by atomic mass is 10.2. The molecule has 1 heterocycles. The van der Waals surface area contributed by atoms with Crippen molar-refractivity contribution < 1.29 is 28.2 Å². The minimum absolute atomic E-state index is 0.102. The zero-order valence-electron chi connectivity index (χ0n) is 15.1. The highest BCUT2D eigenvalue weighted by Crippen LogP contribution is 2.29. The van der Waals surface area contributed by atoms with E-state index >= 15 is 0 Å². The first-order valence-electron chi connectivity index (χ1n) is 8.17. The normalized spacial score (nSPS) is 10.2. The summed E-state index contributed by atoms with van der Waals surface area (Å²) in [4.78, 5) is 36.0. The van der Waals surface area contributed by atoms with Gasteiger partial charge in [0.25, 0.3) is 0 Å². The highest BCUT2D eigenvalue weighted by atomic mass is 32.1. The number of benzene rings is 1. The fourth-order valence-corrected chi connectivity index (χ4v) is 3.17. The molecule has 0 saturated carbocycles. The van der Waals surface area contributed by atoms with Crippen LogP contribution >= 0.6 is 11.3 Å². The van der Waals surface area contributed by atoms with E-state index in [-0.39, 0.29) is 35.0 Å². The highest BCUT2D eigenvalue weighted by molar-refractivity contribution is 7.15. The minimum atomic E-state index is -0.904. The van der Waals surface area contributed by atoms with E-state index in [4.69, 9.17) is 9.47 Å². The molecule has 0 unspecified atom stereocenters. The molecule has 0 radical (unpaired) electrons. The molecule has 2 amide bonds. The zero-order chi connectivity index (χ0) is 20.0. The van der Waals surface area contributed by atoms with Gasteiger partial charge in [-0.1, -0.05) is 6.07 Å². The molecular weight excluding hydrogens is 375 g/mol. The molecule has 0 aliphatic heterocycles. The Morgan fingerprint density at radius 2 is 1.74 bits per heavy atom. The standard InChI is InChI=1S/C18H19FN2O5S/c1-4-25-16(22)11-7-6-8-12(14(11)19)20-18(24)21-15-13(10(3)9-27-15)17(23)26-5-2/h6-9H,4-5H2,1-3H3,(H2,20,21,24). The first-order valence-corrected chi connectivity index (χ1v) is 9.05. The van der Waals surface area contributed by atoms with Crippen molar-refractivity contribution in [3.63, 3.8) is 0 Å². The van der Waals surface area contributed by atoms with Crippen LogP contribution in [0.5, 0.6) is 0 Å². The van der Waals surface area contributed by atoms with Crippen molar-refractivity contribution in [3.05, 3.63) is 46.1 Å². The maximum Gasteiger partial charge on any atom is 0.341 e. The summed E-state index contributed by atoms with van der Waals surface area (Å²) in [6, 6.07) is 3.23. The summed E-state index contributed by atoms with van der Waals surface area (Å²) in [7, 11) is 0. The Kier molecular flexibility index (Phi) is 6.89. The molecule has 0 bridgehead atoms. The molecule has 2 rings (SSSR count). The Hall–Kier alpha value is -2.94. The number of amides is 2. The lowest BCUT2D eigenvalue weighted by Gasteiger charge is -2.11. The van der Waals surface area contributed by atoms with Gasteiger partial charge in [-0.2, -0.15) is 0 Å². The SMILES string of the molecule is CCOC(=O)c1cccc(NC(=O)Nc2scc(C)c2C(=O)OCC)c1F. The minimum Gasteiger partial charge on any atom is -0.462 e. The number of anilines is 2. The van der Waals surface area contributed by atoms with Crippen molar-refractivity contribution in [2.75, 3.05) is 23.8 Å². The third kappa shape index (κ3) is 4.82. The number of nitrogens with one attached hydrogen (secondary N) is 2. The Morgan fingerprint density at radius 3 is 2.41 bits per heavy atom. The van der Waals surface area contributed by atoms with Crippen LogP contribution in [0.3, 0.4) is 0 Å². The smallest absolute Gasteiger partial charge is 0.341 e. The maximum absolute atomic E-state index is 14.4. The molecule has 0 aliphatic carbocycles. The summed E-state index contributed by atoms with van der Waals surface area (Å²) >= 11 is 1.15.